The van der Waals surface area contributed by atoms with Gasteiger partial charge in [-0.25, -0.2) is 19.3 Å². The van der Waals surface area contributed by atoms with E-state index in [0.29, 0.717) is 11.5 Å². The number of pyridine rings is 1. The molecule has 0 amide bonds. The maximum Gasteiger partial charge on any atom is 0.227 e. The number of hydrogen-bond acceptors (Lipinski definition) is 5. The maximum absolute atomic E-state index is 13.5. The fourth-order valence-electron chi connectivity index (χ4n) is 22.4. The summed E-state index contributed by atoms with van der Waals surface area (Å²) in [6, 6.07) is 162. The summed E-state index contributed by atoms with van der Waals surface area (Å²) in [6.45, 7) is 20.6. The van der Waals surface area contributed by atoms with Crippen molar-refractivity contribution in [1.82, 2.24) is 29.1 Å². The van der Waals surface area contributed by atoms with Crippen LogP contribution in [-0.4, -0.2) is 29.1 Å². The first-order valence-electron chi connectivity index (χ1n) is 51.1. The molecule has 0 aliphatic heterocycles. The van der Waals surface area contributed by atoms with E-state index in [9.17, 15) is 4.39 Å². The van der Waals surface area contributed by atoms with Gasteiger partial charge < -0.3 is 4.42 Å². The molecule has 0 aliphatic rings. The highest BCUT2D eigenvalue weighted by molar-refractivity contribution is 6.32. The predicted molar refractivity (Wildman–Crippen MR) is 621 cm³/mol. The van der Waals surface area contributed by atoms with Gasteiger partial charge in [-0.1, -0.05) is 402 Å². The molecular weight excluding hydrogens is 1800 g/mol. The van der Waals surface area contributed by atoms with Crippen molar-refractivity contribution in [3.8, 4) is 135 Å². The Bertz CT molecular complexity index is 9890. The first-order chi connectivity index (χ1) is 72.1. The van der Waals surface area contributed by atoms with Gasteiger partial charge in [-0.05, 0) is 323 Å². The predicted octanol–water partition coefficient (Wildman–Crippen LogP) is 38.3. The van der Waals surface area contributed by atoms with Crippen LogP contribution in [0, 0.1) is 5.82 Å². The number of para-hydroxylation sites is 6. The summed E-state index contributed by atoms with van der Waals surface area (Å²) >= 11 is 0. The minimum atomic E-state index is -0.250. The van der Waals surface area contributed by atoms with Gasteiger partial charge in [0.2, 0.25) is 5.89 Å². The second-order valence-electron chi connectivity index (χ2n) is 42.5. The average Bonchev–Trinajstić information content (AvgIpc) is 0.787. The highest BCUT2D eigenvalue weighted by atomic mass is 19.1. The molecule has 0 N–H and O–H groups in total. The third kappa shape index (κ3) is 16.0. The van der Waals surface area contributed by atoms with Gasteiger partial charge >= 0.3 is 0 Å². The summed E-state index contributed by atoms with van der Waals surface area (Å²) in [6.07, 6.45) is 1.85. The van der Waals surface area contributed by atoms with E-state index in [4.69, 9.17) is 19.4 Å². The van der Waals surface area contributed by atoms with Crippen LogP contribution in [0.3, 0.4) is 0 Å². The zero-order valence-electron chi connectivity index (χ0n) is 83.8. The lowest BCUT2D eigenvalue weighted by Crippen LogP contribution is -2.10. The molecule has 0 aliphatic carbocycles. The third-order valence-electron chi connectivity index (χ3n) is 30.1. The van der Waals surface area contributed by atoms with E-state index in [-0.39, 0.29) is 22.1 Å². The largest absolute Gasteiger partial charge is 0.436 e. The molecule has 28 rings (SSSR count). The normalized spacial score (nSPS) is 12.1. The second-order valence-corrected chi connectivity index (χ2v) is 42.5. The molecule has 24 aromatic carbocycles. The van der Waals surface area contributed by atoms with Crippen LogP contribution in [0.5, 0.6) is 0 Å². The Kier molecular flexibility index (Phi) is 21.7. The SMILES string of the molecule is CC(C)(C)c1cc2ccc3c(-c4ccc(-c5ccccc5)cc4)cc(-c4nc5ccccc5n4-c4ccccc4)c4ccc(c1)c2c34.CC(C)(C)c1cc2ccc3c(-c4ccc(-c5ccccn5)cc4)cc(-c4ccc(-c5nc6ccccc6n5-c5ccccc5)cc4)c4ccc(c1)c2c34.CC(C)(C)c1cc2ccc3c(-c4ccccc4)cc(-c4ccc(-c5nc6cc(-c7ccc(F)cc7)ccc6o5)cc4)c4ccc(c1)c2c34. The van der Waals surface area contributed by atoms with Crippen molar-refractivity contribution in [1.29, 1.82) is 0 Å². The highest BCUT2D eigenvalue weighted by Gasteiger charge is 2.29. The summed E-state index contributed by atoms with van der Waals surface area (Å²) in [5, 5.41) is 23.1. The van der Waals surface area contributed by atoms with E-state index in [2.05, 4.69) is 477 Å². The van der Waals surface area contributed by atoms with Gasteiger partial charge in [-0.15, -0.1) is 0 Å². The molecular formula is C140H103FN6O. The summed E-state index contributed by atoms with van der Waals surface area (Å²) in [7, 11) is 0. The van der Waals surface area contributed by atoms with Crippen LogP contribution in [0.1, 0.15) is 79.0 Å². The van der Waals surface area contributed by atoms with E-state index in [0.717, 1.165) is 95.2 Å². The zero-order chi connectivity index (χ0) is 100.0. The van der Waals surface area contributed by atoms with Crippen LogP contribution in [0.25, 0.3) is 265 Å². The Hall–Kier alpha value is -18.1. The van der Waals surface area contributed by atoms with Crippen molar-refractivity contribution in [2.75, 3.05) is 0 Å². The Morgan fingerprint density at radius 1 is 0.223 bits per heavy atom. The molecule has 706 valence electrons. The third-order valence-corrected chi connectivity index (χ3v) is 30.1. The minimum Gasteiger partial charge on any atom is -0.436 e. The van der Waals surface area contributed by atoms with Crippen LogP contribution in [-0.2, 0) is 16.2 Å². The molecule has 0 saturated carbocycles. The van der Waals surface area contributed by atoms with Crippen molar-refractivity contribution < 1.29 is 8.81 Å². The Labute approximate surface area is 858 Å². The lowest BCUT2D eigenvalue weighted by molar-refractivity contribution is 0.591. The van der Waals surface area contributed by atoms with Gasteiger partial charge in [0, 0.05) is 39.8 Å². The molecule has 0 saturated heterocycles. The van der Waals surface area contributed by atoms with E-state index in [1.807, 2.05) is 36.5 Å². The van der Waals surface area contributed by atoms with E-state index in [1.165, 1.54) is 187 Å². The van der Waals surface area contributed by atoms with Gasteiger partial charge in [0.1, 0.15) is 23.0 Å². The second kappa shape index (κ2) is 35.7. The summed E-state index contributed by atoms with van der Waals surface area (Å²) < 4.78 is 24.3. The highest BCUT2D eigenvalue weighted by Crippen LogP contribution is 2.52. The fraction of sp³-hybridized carbons (Fsp3) is 0.0857. The topological polar surface area (TPSA) is 74.6 Å². The molecule has 0 radical (unpaired) electrons. The molecule has 4 heterocycles. The average molecular weight is 1900 g/mol. The molecule has 148 heavy (non-hydrogen) atoms. The number of fused-ring (bicyclic) bond motifs is 3. The first kappa shape index (κ1) is 89.9. The zero-order valence-corrected chi connectivity index (χ0v) is 83.8. The van der Waals surface area contributed by atoms with Gasteiger partial charge in [-0.3, -0.25) is 14.1 Å². The van der Waals surface area contributed by atoms with Gasteiger partial charge in [0.25, 0.3) is 0 Å². The van der Waals surface area contributed by atoms with Crippen LogP contribution in [0.2, 0.25) is 0 Å². The van der Waals surface area contributed by atoms with E-state index >= 15 is 0 Å². The van der Waals surface area contributed by atoms with Crippen molar-refractivity contribution in [2.45, 2.75) is 78.6 Å². The number of hydrogen-bond donors (Lipinski definition) is 0. The maximum atomic E-state index is 13.5. The molecule has 0 bridgehead atoms. The molecule has 0 atom stereocenters. The smallest absolute Gasteiger partial charge is 0.227 e. The molecule has 8 heteroatoms. The van der Waals surface area contributed by atoms with Gasteiger partial charge in [0.15, 0.2) is 5.58 Å². The summed E-state index contributed by atoms with van der Waals surface area (Å²) in [4.78, 5) is 19.9. The number of oxazole rings is 1. The number of imidazole rings is 2. The van der Waals surface area contributed by atoms with Crippen LogP contribution < -0.4 is 0 Å². The first-order valence-corrected chi connectivity index (χ1v) is 51.1. The Morgan fingerprint density at radius 3 is 0.946 bits per heavy atom. The lowest BCUT2D eigenvalue weighted by atomic mass is 9.81. The molecule has 4 aromatic heterocycles. The quantitative estimate of drug-likeness (QED) is 0.108. The molecule has 0 unspecified atom stereocenters. The van der Waals surface area contributed by atoms with E-state index in [1.54, 1.807) is 12.1 Å². The monoisotopic (exact) mass is 1900 g/mol. The van der Waals surface area contributed by atoms with Crippen LogP contribution in [0.4, 0.5) is 4.39 Å². The van der Waals surface area contributed by atoms with Gasteiger partial charge in [0.05, 0.1) is 27.8 Å². The number of nitrogens with zero attached hydrogens (tertiary/aromatic N) is 6. The number of halogens is 1. The van der Waals surface area contributed by atoms with Crippen molar-refractivity contribution >= 4 is 130 Å². The van der Waals surface area contributed by atoms with E-state index < -0.39 is 0 Å². The van der Waals surface area contributed by atoms with Crippen molar-refractivity contribution in [3.63, 3.8) is 0 Å². The number of rotatable bonds is 13. The molecule has 0 spiro atoms. The molecule has 28 aromatic rings. The number of benzene rings is 24. The van der Waals surface area contributed by atoms with Crippen LogP contribution in [0.15, 0.2) is 466 Å². The van der Waals surface area contributed by atoms with Gasteiger partial charge in [-0.2, -0.15) is 0 Å². The van der Waals surface area contributed by atoms with Crippen LogP contribution >= 0.6 is 0 Å². The fourth-order valence-corrected chi connectivity index (χ4v) is 22.4. The number of aromatic nitrogens is 6. The molecule has 0 fully saturated rings. The standard InChI is InChI=1S/C50H37N3.C45H32FNO.C45H34N2/c1-50(2,3)38-29-36-24-26-40-42(32-16-20-34(21-17-32)44-13-9-10-28-51-44)31-43(41-27-25-37(30-38)47(36)48(40)41)33-18-22-35(23-19-33)49-52-45-14-7-8-15-46(45)53(49)39-11-5-4-6-12-39;1-45(2,3)34-23-32-15-20-36-38(28-7-5-4-6-8-28)26-39(37-21-16-33(24-34)42(32)43(36)37)29-9-11-30(12-10-29)44-47-40-25-31(17-22-41(40)48-44)27-13-18-35(46)19-14-27;1-45(2,3)34-26-32-22-24-36-38(31-20-18-30(19-21-31)29-12-6-4-7-13-29)28-39(37-25-23-33(27-34)42(32)43(36)37)44-46-40-16-10-11-17-41(40)47(44)35-14-8-5-9-15-35/h4-31H,1-3H3;4-26H,1-3H3;4-28H,1-3H3. The lowest BCUT2D eigenvalue weighted by Gasteiger charge is -2.23. The summed E-state index contributed by atoms with van der Waals surface area (Å²) in [5.41, 5.74) is 33.6. The summed E-state index contributed by atoms with van der Waals surface area (Å²) in [5.74, 6) is 2.21. The van der Waals surface area contributed by atoms with Crippen molar-refractivity contribution in [2.24, 2.45) is 0 Å². The Balaban J connectivity index is 0.000000113. The minimum absolute atomic E-state index is 0.0545. The molecule has 7 nitrogen and oxygen atoms in total. The van der Waals surface area contributed by atoms with Crippen molar-refractivity contribution in [3.05, 3.63) is 484 Å². The Morgan fingerprint density at radius 2 is 0.534 bits per heavy atom.